The molecule has 9 heteroatoms. The zero-order valence-corrected chi connectivity index (χ0v) is 20.8. The number of allylic oxidation sites excluding steroid dienone is 1. The van der Waals surface area contributed by atoms with Gasteiger partial charge in [-0.2, -0.15) is 0 Å². The van der Waals surface area contributed by atoms with Crippen LogP contribution < -0.4 is 20.7 Å². The van der Waals surface area contributed by atoms with Gasteiger partial charge in [-0.3, -0.25) is 0 Å². The number of amides is 2. The van der Waals surface area contributed by atoms with E-state index in [-0.39, 0.29) is 6.10 Å². The molecule has 0 bridgehead atoms. The van der Waals surface area contributed by atoms with Gasteiger partial charge in [0, 0.05) is 29.7 Å². The summed E-state index contributed by atoms with van der Waals surface area (Å²) in [7, 11) is 1.57. The highest BCUT2D eigenvalue weighted by Gasteiger charge is 2.34. The molecule has 1 aliphatic rings. The quantitative estimate of drug-likeness (QED) is 0.385. The number of rotatable bonds is 7. The number of hydrogen-bond donors (Lipinski definition) is 3. The number of ether oxygens (including phenoxy) is 2. The topological polar surface area (TPSA) is 91.9 Å². The molecule has 1 aliphatic heterocycles. The number of anilines is 2. The monoisotopic (exact) mass is 482 g/mol. The van der Waals surface area contributed by atoms with Crippen LogP contribution in [0.4, 0.5) is 16.2 Å². The molecule has 0 radical (unpaired) electrons. The van der Waals surface area contributed by atoms with Gasteiger partial charge in [-0.1, -0.05) is 18.2 Å². The van der Waals surface area contributed by atoms with Crippen molar-refractivity contribution in [3.8, 4) is 5.75 Å². The molecule has 0 fully saturated rings. The third-order valence-electron chi connectivity index (χ3n) is 5.28. The van der Waals surface area contributed by atoms with Gasteiger partial charge in [-0.05, 0) is 69.7 Å². The Morgan fingerprint density at radius 3 is 2.38 bits per heavy atom. The van der Waals surface area contributed by atoms with E-state index in [0.29, 0.717) is 34.4 Å². The number of carbonyl (C=O) groups excluding carboxylic acids is 2. The molecular formula is C25H30N4O4S. The number of nitrogens with one attached hydrogen (secondary N) is 3. The summed E-state index contributed by atoms with van der Waals surface area (Å²) in [5.41, 5.74) is 3.17. The molecule has 1 atom stereocenters. The van der Waals surface area contributed by atoms with Gasteiger partial charge >= 0.3 is 12.0 Å². The molecule has 2 aromatic rings. The summed E-state index contributed by atoms with van der Waals surface area (Å²) in [4.78, 5) is 27.4. The van der Waals surface area contributed by atoms with E-state index in [9.17, 15) is 9.59 Å². The minimum atomic E-state index is -0.509. The third-order valence-corrected chi connectivity index (χ3v) is 5.62. The zero-order chi connectivity index (χ0) is 24.8. The molecule has 2 aromatic carbocycles. The lowest BCUT2D eigenvalue weighted by Crippen LogP contribution is -2.47. The van der Waals surface area contributed by atoms with Crippen molar-refractivity contribution < 1.29 is 19.1 Å². The van der Waals surface area contributed by atoms with Crippen molar-refractivity contribution in [1.82, 2.24) is 10.2 Å². The fraction of sp³-hybridized carbons (Fsp3) is 0.320. The first kappa shape index (κ1) is 25.0. The third kappa shape index (κ3) is 5.85. The molecule has 0 saturated heterocycles. The Balaban J connectivity index is 1.86. The average Bonchev–Trinajstić information content (AvgIpc) is 2.78. The van der Waals surface area contributed by atoms with Gasteiger partial charge in [0.1, 0.15) is 5.75 Å². The van der Waals surface area contributed by atoms with Gasteiger partial charge in [-0.25, -0.2) is 9.59 Å². The highest BCUT2D eigenvalue weighted by molar-refractivity contribution is 7.80. The van der Waals surface area contributed by atoms with E-state index in [0.717, 1.165) is 11.3 Å². The van der Waals surface area contributed by atoms with Crippen LogP contribution in [0.25, 0.3) is 0 Å². The maximum atomic E-state index is 13.0. The van der Waals surface area contributed by atoms with Crippen LogP contribution >= 0.6 is 12.2 Å². The van der Waals surface area contributed by atoms with Gasteiger partial charge in [0.25, 0.3) is 0 Å². The molecule has 0 spiro atoms. The molecule has 34 heavy (non-hydrogen) atoms. The highest BCUT2D eigenvalue weighted by Crippen LogP contribution is 2.32. The van der Waals surface area contributed by atoms with Gasteiger partial charge in [-0.15, -0.1) is 0 Å². The lowest BCUT2D eigenvalue weighted by atomic mass is 9.94. The van der Waals surface area contributed by atoms with Crippen LogP contribution in [0.15, 0.2) is 59.8 Å². The van der Waals surface area contributed by atoms with Crippen LogP contribution in [-0.4, -0.2) is 41.8 Å². The predicted octanol–water partition coefficient (Wildman–Crippen LogP) is 4.82. The van der Waals surface area contributed by atoms with E-state index >= 15 is 0 Å². The average molecular weight is 483 g/mol. The summed E-state index contributed by atoms with van der Waals surface area (Å²) in [6.07, 6.45) is -0.259. The fourth-order valence-corrected chi connectivity index (χ4v) is 4.13. The van der Waals surface area contributed by atoms with E-state index in [4.69, 9.17) is 21.7 Å². The van der Waals surface area contributed by atoms with E-state index in [2.05, 4.69) is 16.0 Å². The number of methoxy groups -OCH3 is 1. The number of urea groups is 1. The summed E-state index contributed by atoms with van der Waals surface area (Å²) in [5.74, 6) is 0.239. The van der Waals surface area contributed by atoms with Crippen molar-refractivity contribution in [2.75, 3.05) is 24.3 Å². The number of carbonyl (C=O) groups is 2. The lowest BCUT2D eigenvalue weighted by Gasteiger charge is -2.37. The molecule has 1 unspecified atom stereocenters. The number of esters is 1. The maximum absolute atomic E-state index is 13.0. The number of benzene rings is 2. The van der Waals surface area contributed by atoms with E-state index in [1.54, 1.807) is 37.4 Å². The Labute approximate surface area is 205 Å². The van der Waals surface area contributed by atoms with Crippen molar-refractivity contribution in [3.63, 3.8) is 0 Å². The first-order valence-corrected chi connectivity index (χ1v) is 11.5. The molecule has 8 nitrogen and oxygen atoms in total. The van der Waals surface area contributed by atoms with Crippen molar-refractivity contribution in [2.45, 2.75) is 39.8 Å². The summed E-state index contributed by atoms with van der Waals surface area (Å²) in [5, 5.41) is 9.40. The standard InChI is InChI=1S/C25H30N4O4S/c1-6-29-16(4)21(23(30)33-15(2)3)22(28-25(29)34)17-9-7-10-18(13-17)26-24(31)27-19-11-8-12-20(14-19)32-5/h7-15,22H,6H2,1-5H3,(H,28,34)(H2,26,27,31). The minimum absolute atomic E-state index is 0.259. The Morgan fingerprint density at radius 1 is 1.12 bits per heavy atom. The number of thiocarbonyl (C=S) groups is 1. The SMILES string of the molecule is CCN1C(=S)NC(c2cccc(NC(=O)Nc3cccc(OC)c3)c2)C(C(=O)OC(C)C)=C1C. The predicted molar refractivity (Wildman–Crippen MR) is 137 cm³/mol. The molecule has 3 rings (SSSR count). The van der Waals surface area contributed by atoms with Crippen LogP contribution in [0, 0.1) is 0 Å². The van der Waals surface area contributed by atoms with Crippen molar-refractivity contribution >= 4 is 40.7 Å². The van der Waals surface area contributed by atoms with Crippen molar-refractivity contribution in [3.05, 3.63) is 65.4 Å². The van der Waals surface area contributed by atoms with Crippen LogP contribution in [0.3, 0.4) is 0 Å². The lowest BCUT2D eigenvalue weighted by molar-refractivity contribution is -0.143. The van der Waals surface area contributed by atoms with Crippen molar-refractivity contribution in [1.29, 1.82) is 0 Å². The molecule has 0 saturated carbocycles. The van der Waals surface area contributed by atoms with Gasteiger partial charge < -0.3 is 30.3 Å². The Morgan fingerprint density at radius 2 is 1.76 bits per heavy atom. The largest absolute Gasteiger partial charge is 0.497 e. The van der Waals surface area contributed by atoms with Crippen LogP contribution in [0.2, 0.25) is 0 Å². The van der Waals surface area contributed by atoms with E-state index in [1.165, 1.54) is 0 Å². The Hall–Kier alpha value is -3.59. The van der Waals surface area contributed by atoms with E-state index in [1.807, 2.05) is 50.8 Å². The second-order valence-corrected chi connectivity index (χ2v) is 8.40. The molecule has 0 aliphatic carbocycles. The fourth-order valence-electron chi connectivity index (χ4n) is 3.74. The van der Waals surface area contributed by atoms with Gasteiger partial charge in [0.2, 0.25) is 0 Å². The van der Waals surface area contributed by atoms with Crippen LogP contribution in [0.5, 0.6) is 5.75 Å². The van der Waals surface area contributed by atoms with Crippen LogP contribution in [-0.2, 0) is 9.53 Å². The normalized spacial score (nSPS) is 15.6. The molecule has 2 amide bonds. The zero-order valence-electron chi connectivity index (χ0n) is 20.0. The smallest absolute Gasteiger partial charge is 0.338 e. The molecule has 3 N–H and O–H groups in total. The summed E-state index contributed by atoms with van der Waals surface area (Å²) < 4.78 is 10.7. The molecule has 180 valence electrons. The summed E-state index contributed by atoms with van der Waals surface area (Å²) in [6, 6.07) is 13.4. The summed E-state index contributed by atoms with van der Waals surface area (Å²) in [6.45, 7) is 8.08. The highest BCUT2D eigenvalue weighted by atomic mass is 32.1. The molecule has 1 heterocycles. The minimum Gasteiger partial charge on any atom is -0.497 e. The number of nitrogens with zero attached hydrogens (tertiary/aromatic N) is 1. The second kappa shape index (κ2) is 11.0. The maximum Gasteiger partial charge on any atom is 0.338 e. The van der Waals surface area contributed by atoms with Crippen molar-refractivity contribution in [2.24, 2.45) is 0 Å². The molecule has 0 aromatic heterocycles. The Kier molecular flexibility index (Phi) is 8.12. The molecular weight excluding hydrogens is 452 g/mol. The van der Waals surface area contributed by atoms with Gasteiger partial charge in [0.05, 0.1) is 24.8 Å². The summed E-state index contributed by atoms with van der Waals surface area (Å²) >= 11 is 5.54. The van der Waals surface area contributed by atoms with E-state index < -0.39 is 18.0 Å². The number of hydrogen-bond acceptors (Lipinski definition) is 5. The van der Waals surface area contributed by atoms with Crippen LogP contribution in [0.1, 0.15) is 39.3 Å². The Bertz CT molecular complexity index is 1120. The second-order valence-electron chi connectivity index (χ2n) is 8.02. The first-order valence-electron chi connectivity index (χ1n) is 11.0. The first-order chi connectivity index (χ1) is 16.2. The van der Waals surface area contributed by atoms with Gasteiger partial charge in [0.15, 0.2) is 5.11 Å².